The fraction of sp³-hybridized carbons (Fsp3) is 0.316. The lowest BCUT2D eigenvalue weighted by Gasteiger charge is -2.13. The highest BCUT2D eigenvalue weighted by molar-refractivity contribution is 7.89. The van der Waals surface area contributed by atoms with Crippen molar-refractivity contribution in [3.63, 3.8) is 0 Å². The minimum absolute atomic E-state index is 0.0483. The van der Waals surface area contributed by atoms with Crippen LogP contribution in [0.25, 0.3) is 0 Å². The molecule has 0 atom stereocenters. The van der Waals surface area contributed by atoms with Gasteiger partial charge in [0.05, 0.1) is 29.8 Å². The quantitative estimate of drug-likeness (QED) is 0.675. The van der Waals surface area contributed by atoms with Crippen molar-refractivity contribution in [3.8, 4) is 11.5 Å². The fourth-order valence-electron chi connectivity index (χ4n) is 2.43. The molecule has 28 heavy (non-hydrogen) atoms. The van der Waals surface area contributed by atoms with E-state index in [0.717, 1.165) is 11.1 Å². The molecule has 0 aliphatic carbocycles. The maximum absolute atomic E-state index is 12.4. The van der Waals surface area contributed by atoms with Crippen molar-refractivity contribution in [2.24, 2.45) is 0 Å². The van der Waals surface area contributed by atoms with Crippen molar-refractivity contribution in [2.45, 2.75) is 25.2 Å². The molecule has 0 saturated heterocycles. The number of hydrogen-bond acceptors (Lipinski definition) is 5. The van der Waals surface area contributed by atoms with E-state index >= 15 is 0 Å². The molecule has 2 N–H and O–H groups in total. The number of anilines is 1. The number of carbonyl (C=O) groups excluding carboxylic acids is 1. The molecule has 0 radical (unpaired) electrons. The summed E-state index contributed by atoms with van der Waals surface area (Å²) in [6, 6.07) is 7.95. The summed E-state index contributed by atoms with van der Waals surface area (Å²) in [6.07, 6.45) is -0.0587. The predicted octanol–water partition coefficient (Wildman–Crippen LogP) is 3.28. The third kappa shape index (κ3) is 5.37. The highest BCUT2D eigenvalue weighted by Gasteiger charge is 2.16. The first-order chi connectivity index (χ1) is 13.2. The third-order valence-electron chi connectivity index (χ3n) is 4.18. The van der Waals surface area contributed by atoms with Gasteiger partial charge in [0.25, 0.3) is 0 Å². The van der Waals surface area contributed by atoms with Gasteiger partial charge >= 0.3 is 0 Å². The van der Waals surface area contributed by atoms with E-state index in [-0.39, 0.29) is 23.8 Å². The van der Waals surface area contributed by atoms with Crippen molar-refractivity contribution in [1.29, 1.82) is 0 Å². The van der Waals surface area contributed by atoms with Crippen molar-refractivity contribution in [2.75, 3.05) is 26.1 Å². The number of methoxy groups -OCH3 is 2. The number of hydrogen-bond donors (Lipinski definition) is 2. The molecule has 7 nitrogen and oxygen atoms in total. The van der Waals surface area contributed by atoms with E-state index in [1.165, 1.54) is 26.4 Å². The average molecular weight is 427 g/mol. The molecular weight excluding hydrogens is 404 g/mol. The Bertz CT molecular complexity index is 977. The lowest BCUT2D eigenvalue weighted by Crippen LogP contribution is -2.28. The van der Waals surface area contributed by atoms with Gasteiger partial charge in [0.1, 0.15) is 11.5 Å². The number of halogens is 1. The van der Waals surface area contributed by atoms with Crippen LogP contribution < -0.4 is 19.5 Å². The number of carbonyl (C=O) groups is 1. The molecular formula is C19H23ClN2O5S. The molecule has 152 valence electrons. The lowest BCUT2D eigenvalue weighted by molar-refractivity contribution is -0.116. The van der Waals surface area contributed by atoms with E-state index in [4.69, 9.17) is 21.1 Å². The molecule has 0 heterocycles. The average Bonchev–Trinajstić information content (AvgIpc) is 2.64. The minimum Gasteiger partial charge on any atom is -0.495 e. The first kappa shape index (κ1) is 22.0. The molecule has 0 saturated carbocycles. The largest absolute Gasteiger partial charge is 0.495 e. The van der Waals surface area contributed by atoms with E-state index in [2.05, 4.69) is 10.0 Å². The number of ether oxygens (including phenoxy) is 2. The third-order valence-corrected chi connectivity index (χ3v) is 5.93. The number of aryl methyl sites for hydroxylation is 2. The Hall–Kier alpha value is -2.29. The highest BCUT2D eigenvalue weighted by atomic mass is 35.5. The first-order valence-electron chi connectivity index (χ1n) is 8.46. The predicted molar refractivity (Wildman–Crippen MR) is 109 cm³/mol. The van der Waals surface area contributed by atoms with Crippen molar-refractivity contribution in [3.05, 3.63) is 46.5 Å². The summed E-state index contributed by atoms with van der Waals surface area (Å²) in [6.45, 7) is 3.70. The smallest absolute Gasteiger partial charge is 0.240 e. The number of benzene rings is 2. The van der Waals surface area contributed by atoms with Crippen LogP contribution >= 0.6 is 11.6 Å². The Morgan fingerprint density at radius 2 is 1.71 bits per heavy atom. The normalized spacial score (nSPS) is 11.2. The van der Waals surface area contributed by atoms with E-state index in [9.17, 15) is 13.2 Å². The Morgan fingerprint density at radius 3 is 2.32 bits per heavy atom. The zero-order valence-electron chi connectivity index (χ0n) is 16.1. The molecule has 2 aromatic carbocycles. The Labute approximate surface area is 170 Å². The van der Waals surface area contributed by atoms with E-state index in [1.807, 2.05) is 13.8 Å². The zero-order chi connectivity index (χ0) is 20.9. The fourth-order valence-corrected chi connectivity index (χ4v) is 3.79. The monoisotopic (exact) mass is 426 g/mol. The highest BCUT2D eigenvalue weighted by Crippen LogP contribution is 2.35. The lowest BCUT2D eigenvalue weighted by atomic mass is 10.1. The van der Waals surface area contributed by atoms with Gasteiger partial charge in [-0.05, 0) is 43.2 Å². The summed E-state index contributed by atoms with van der Waals surface area (Å²) in [5, 5.41) is 2.97. The van der Waals surface area contributed by atoms with Gasteiger partial charge in [0, 0.05) is 19.0 Å². The number of rotatable bonds is 8. The van der Waals surface area contributed by atoms with Crippen LogP contribution in [0.1, 0.15) is 17.5 Å². The summed E-state index contributed by atoms with van der Waals surface area (Å²) in [4.78, 5) is 12.4. The Morgan fingerprint density at radius 1 is 1.04 bits per heavy atom. The van der Waals surface area contributed by atoms with Crippen molar-refractivity contribution >= 4 is 33.2 Å². The second kappa shape index (κ2) is 9.27. The van der Waals surface area contributed by atoms with Gasteiger partial charge in [-0.3, -0.25) is 4.79 Å². The standard InChI is InChI=1S/C19H23ClN2O5S/c1-12-5-6-14(9-13(12)2)28(24,25)21-8-7-19(23)22-16-10-15(20)17(26-3)11-18(16)27-4/h5-6,9-11,21H,7-8H2,1-4H3,(H,22,23). The molecule has 0 aliphatic rings. The van der Waals surface area contributed by atoms with Crippen LogP contribution in [0.3, 0.4) is 0 Å². The first-order valence-corrected chi connectivity index (χ1v) is 10.3. The number of nitrogens with one attached hydrogen (secondary N) is 2. The van der Waals surface area contributed by atoms with Gasteiger partial charge in [-0.15, -0.1) is 0 Å². The van der Waals surface area contributed by atoms with Gasteiger partial charge in [0.15, 0.2) is 0 Å². The van der Waals surface area contributed by atoms with E-state index in [0.29, 0.717) is 22.2 Å². The van der Waals surface area contributed by atoms with Crippen molar-refractivity contribution < 1.29 is 22.7 Å². The molecule has 0 bridgehead atoms. The SMILES string of the molecule is COc1cc(OC)c(NC(=O)CCNS(=O)(=O)c2ccc(C)c(C)c2)cc1Cl. The zero-order valence-corrected chi connectivity index (χ0v) is 17.7. The van der Waals surface area contributed by atoms with Gasteiger partial charge < -0.3 is 14.8 Å². The summed E-state index contributed by atoms with van der Waals surface area (Å²) in [7, 11) is -0.762. The van der Waals surface area contributed by atoms with Crippen LogP contribution in [-0.4, -0.2) is 35.1 Å². The summed E-state index contributed by atoms with van der Waals surface area (Å²) < 4.78 is 37.5. The van der Waals surface area contributed by atoms with Crippen LogP contribution in [0.15, 0.2) is 35.2 Å². The van der Waals surface area contributed by atoms with Gasteiger partial charge in [0.2, 0.25) is 15.9 Å². The minimum atomic E-state index is -3.69. The Balaban J connectivity index is 1.99. The topological polar surface area (TPSA) is 93.7 Å². The van der Waals surface area contributed by atoms with Crippen molar-refractivity contribution in [1.82, 2.24) is 4.72 Å². The second-order valence-corrected chi connectivity index (χ2v) is 8.30. The number of sulfonamides is 1. The van der Waals surface area contributed by atoms with Gasteiger partial charge in [-0.2, -0.15) is 0 Å². The molecule has 0 aliphatic heterocycles. The molecule has 9 heteroatoms. The molecule has 0 fully saturated rings. The molecule has 2 aromatic rings. The van der Waals surface area contributed by atoms with Crippen LogP contribution in [0.5, 0.6) is 11.5 Å². The molecule has 0 spiro atoms. The van der Waals surface area contributed by atoms with Gasteiger partial charge in [-0.1, -0.05) is 17.7 Å². The van der Waals surface area contributed by atoms with Gasteiger partial charge in [-0.25, -0.2) is 13.1 Å². The van der Waals surface area contributed by atoms with E-state index < -0.39 is 10.0 Å². The molecule has 0 unspecified atom stereocenters. The maximum Gasteiger partial charge on any atom is 0.240 e. The molecule has 0 aromatic heterocycles. The van der Waals surface area contributed by atoms with Crippen LogP contribution in [0.4, 0.5) is 5.69 Å². The van der Waals surface area contributed by atoms with Crippen LogP contribution in [0, 0.1) is 13.8 Å². The molecule has 2 rings (SSSR count). The summed E-state index contributed by atoms with van der Waals surface area (Å²) in [5.74, 6) is 0.408. The van der Waals surface area contributed by atoms with Crippen LogP contribution in [-0.2, 0) is 14.8 Å². The van der Waals surface area contributed by atoms with Crippen LogP contribution in [0.2, 0.25) is 5.02 Å². The summed E-state index contributed by atoms with van der Waals surface area (Å²) in [5.41, 5.74) is 2.25. The molecule has 1 amide bonds. The second-order valence-electron chi connectivity index (χ2n) is 6.13. The number of amides is 1. The Kier molecular flexibility index (Phi) is 7.29. The van der Waals surface area contributed by atoms with E-state index in [1.54, 1.807) is 18.2 Å². The summed E-state index contributed by atoms with van der Waals surface area (Å²) >= 11 is 6.07. The maximum atomic E-state index is 12.4.